The maximum atomic E-state index is 5.39. The zero-order valence-electron chi connectivity index (χ0n) is 8.53. The van der Waals surface area contributed by atoms with Crippen molar-refractivity contribution < 1.29 is 9.15 Å². The molecule has 2 atom stereocenters. The molecule has 1 fully saturated rings. The van der Waals surface area contributed by atoms with Crippen molar-refractivity contribution in [3.05, 3.63) is 24.2 Å². The molecule has 2 rings (SSSR count). The fraction of sp³-hybridized carbons (Fsp3) is 0.636. The first-order chi connectivity index (χ1) is 6.90. The number of rotatable bonds is 4. The zero-order valence-corrected chi connectivity index (χ0v) is 8.53. The monoisotopic (exact) mass is 195 g/mol. The van der Waals surface area contributed by atoms with E-state index in [4.69, 9.17) is 9.15 Å². The summed E-state index contributed by atoms with van der Waals surface area (Å²) < 4.78 is 10.7. The van der Waals surface area contributed by atoms with E-state index in [0.29, 0.717) is 12.1 Å². The van der Waals surface area contributed by atoms with E-state index in [1.54, 1.807) is 6.26 Å². The van der Waals surface area contributed by atoms with Gasteiger partial charge in [0.25, 0.3) is 0 Å². The number of nitrogens with one attached hydrogen (secondary N) is 1. The number of hydrogen-bond donors (Lipinski definition) is 1. The van der Waals surface area contributed by atoms with Crippen LogP contribution in [0.25, 0.3) is 0 Å². The number of hydrogen-bond acceptors (Lipinski definition) is 3. The van der Waals surface area contributed by atoms with Crippen molar-refractivity contribution in [3.8, 4) is 0 Å². The first-order valence-corrected chi connectivity index (χ1v) is 5.27. The van der Waals surface area contributed by atoms with Crippen molar-refractivity contribution in [3.63, 3.8) is 0 Å². The summed E-state index contributed by atoms with van der Waals surface area (Å²) in [5.41, 5.74) is 0. The molecule has 1 aliphatic heterocycles. The minimum Gasteiger partial charge on any atom is -0.468 e. The van der Waals surface area contributed by atoms with E-state index >= 15 is 0 Å². The summed E-state index contributed by atoms with van der Waals surface area (Å²) in [6.45, 7) is 3.87. The summed E-state index contributed by atoms with van der Waals surface area (Å²) in [4.78, 5) is 0. The minimum atomic E-state index is 0.330. The second-order valence-corrected chi connectivity index (χ2v) is 3.70. The highest BCUT2D eigenvalue weighted by Gasteiger charge is 2.20. The lowest BCUT2D eigenvalue weighted by atomic mass is 10.1. The molecule has 0 spiro atoms. The Morgan fingerprint density at radius 1 is 1.64 bits per heavy atom. The van der Waals surface area contributed by atoms with Crippen molar-refractivity contribution in [1.29, 1.82) is 0 Å². The zero-order chi connectivity index (χ0) is 9.80. The van der Waals surface area contributed by atoms with E-state index in [1.165, 1.54) is 0 Å². The van der Waals surface area contributed by atoms with Crippen LogP contribution in [0.15, 0.2) is 22.8 Å². The lowest BCUT2D eigenvalue weighted by molar-refractivity contribution is 0.186. The summed E-state index contributed by atoms with van der Waals surface area (Å²) in [7, 11) is 0. The van der Waals surface area contributed by atoms with Gasteiger partial charge in [0.1, 0.15) is 5.76 Å². The first-order valence-electron chi connectivity index (χ1n) is 5.27. The van der Waals surface area contributed by atoms with Crippen LogP contribution in [0, 0.1) is 0 Å². The van der Waals surface area contributed by atoms with Gasteiger partial charge in [0.15, 0.2) is 0 Å². The lowest BCUT2D eigenvalue weighted by Crippen LogP contribution is -2.32. The van der Waals surface area contributed by atoms with Gasteiger partial charge in [-0.15, -0.1) is 0 Å². The van der Waals surface area contributed by atoms with E-state index in [2.05, 4.69) is 12.2 Å². The molecule has 0 saturated carbocycles. The van der Waals surface area contributed by atoms with E-state index < -0.39 is 0 Å². The second-order valence-electron chi connectivity index (χ2n) is 3.70. The quantitative estimate of drug-likeness (QED) is 0.799. The predicted octanol–water partition coefficient (Wildman–Crippen LogP) is 2.11. The highest BCUT2D eigenvalue weighted by molar-refractivity contribution is 5.04. The van der Waals surface area contributed by atoms with E-state index in [9.17, 15) is 0 Å². The van der Waals surface area contributed by atoms with Crippen LogP contribution in [0.3, 0.4) is 0 Å². The van der Waals surface area contributed by atoms with Crippen molar-refractivity contribution in [2.24, 2.45) is 0 Å². The Balaban J connectivity index is 1.93. The fourth-order valence-corrected chi connectivity index (χ4v) is 1.84. The summed E-state index contributed by atoms with van der Waals surface area (Å²) in [5, 5.41) is 3.55. The molecule has 1 aliphatic rings. The molecule has 2 unspecified atom stereocenters. The molecule has 14 heavy (non-hydrogen) atoms. The Morgan fingerprint density at radius 3 is 3.14 bits per heavy atom. The van der Waals surface area contributed by atoms with Gasteiger partial charge in [0.2, 0.25) is 0 Å². The van der Waals surface area contributed by atoms with Gasteiger partial charge in [-0.3, -0.25) is 0 Å². The van der Waals surface area contributed by atoms with E-state index in [0.717, 1.165) is 31.8 Å². The van der Waals surface area contributed by atoms with Gasteiger partial charge < -0.3 is 14.5 Å². The van der Waals surface area contributed by atoms with Crippen LogP contribution in [-0.2, 0) is 4.74 Å². The summed E-state index contributed by atoms with van der Waals surface area (Å²) in [6.07, 6.45) is 3.88. The molecular weight excluding hydrogens is 178 g/mol. The molecular formula is C11H17NO2. The standard InChI is InChI=1S/C11H17NO2/c1-2-10(11-4-3-6-14-11)12-9-5-7-13-8-9/h3-4,6,9-10,12H,2,5,7-8H2,1H3. The van der Waals surface area contributed by atoms with E-state index in [-0.39, 0.29) is 0 Å². The van der Waals surface area contributed by atoms with Gasteiger partial charge >= 0.3 is 0 Å². The maximum Gasteiger partial charge on any atom is 0.120 e. The molecule has 78 valence electrons. The third-order valence-corrected chi connectivity index (χ3v) is 2.66. The fourth-order valence-electron chi connectivity index (χ4n) is 1.84. The van der Waals surface area contributed by atoms with Gasteiger partial charge in [-0.25, -0.2) is 0 Å². The maximum absolute atomic E-state index is 5.39. The summed E-state index contributed by atoms with van der Waals surface area (Å²) >= 11 is 0. The van der Waals surface area contributed by atoms with Crippen molar-refractivity contribution in [2.45, 2.75) is 31.8 Å². The average molecular weight is 195 g/mol. The Morgan fingerprint density at radius 2 is 2.57 bits per heavy atom. The van der Waals surface area contributed by atoms with Crippen LogP contribution in [0.4, 0.5) is 0 Å². The molecule has 3 nitrogen and oxygen atoms in total. The van der Waals surface area contributed by atoms with Crippen LogP contribution >= 0.6 is 0 Å². The molecule has 3 heteroatoms. The summed E-state index contributed by atoms with van der Waals surface area (Å²) in [5.74, 6) is 1.03. The highest BCUT2D eigenvalue weighted by Crippen LogP contribution is 2.19. The largest absolute Gasteiger partial charge is 0.468 e. The van der Waals surface area contributed by atoms with Gasteiger partial charge in [-0.2, -0.15) is 0 Å². The number of furan rings is 1. The van der Waals surface area contributed by atoms with Crippen LogP contribution < -0.4 is 5.32 Å². The molecule has 1 aromatic heterocycles. The van der Waals surface area contributed by atoms with Crippen molar-refractivity contribution in [2.75, 3.05) is 13.2 Å². The van der Waals surface area contributed by atoms with Crippen molar-refractivity contribution >= 4 is 0 Å². The Kier molecular flexibility index (Phi) is 3.22. The second kappa shape index (κ2) is 4.62. The molecule has 1 saturated heterocycles. The van der Waals surface area contributed by atoms with Crippen molar-refractivity contribution in [1.82, 2.24) is 5.32 Å². The van der Waals surface area contributed by atoms with Crippen LogP contribution in [0.5, 0.6) is 0 Å². The van der Waals surface area contributed by atoms with Gasteiger partial charge in [-0.1, -0.05) is 6.92 Å². The minimum absolute atomic E-state index is 0.330. The average Bonchev–Trinajstić information content (AvgIpc) is 2.86. The highest BCUT2D eigenvalue weighted by atomic mass is 16.5. The van der Waals surface area contributed by atoms with Crippen LogP contribution in [0.2, 0.25) is 0 Å². The predicted molar refractivity (Wildman–Crippen MR) is 54.1 cm³/mol. The first kappa shape index (κ1) is 9.74. The topological polar surface area (TPSA) is 34.4 Å². The molecule has 0 radical (unpaired) electrons. The molecule has 0 bridgehead atoms. The smallest absolute Gasteiger partial charge is 0.120 e. The molecule has 0 aliphatic carbocycles. The normalized spacial score (nSPS) is 23.9. The van der Waals surface area contributed by atoms with Crippen LogP contribution in [0.1, 0.15) is 31.6 Å². The van der Waals surface area contributed by atoms with Gasteiger partial charge in [0.05, 0.1) is 18.9 Å². The van der Waals surface area contributed by atoms with Crippen LogP contribution in [-0.4, -0.2) is 19.3 Å². The van der Waals surface area contributed by atoms with E-state index in [1.807, 2.05) is 12.1 Å². The molecule has 0 amide bonds. The molecule has 1 aromatic rings. The third kappa shape index (κ3) is 2.16. The summed E-state index contributed by atoms with van der Waals surface area (Å²) in [6, 6.07) is 4.78. The van der Waals surface area contributed by atoms with Gasteiger partial charge in [-0.05, 0) is 25.0 Å². The SMILES string of the molecule is CCC(NC1CCOC1)c1ccco1. The third-order valence-electron chi connectivity index (χ3n) is 2.66. The van der Waals surface area contributed by atoms with Gasteiger partial charge in [0, 0.05) is 12.6 Å². The Labute approximate surface area is 84.4 Å². The molecule has 1 N–H and O–H groups in total. The Hall–Kier alpha value is -0.800. The Bertz CT molecular complexity index is 252. The molecule has 0 aromatic carbocycles. The number of ether oxygens (including phenoxy) is 1. The molecule has 2 heterocycles. The lowest BCUT2D eigenvalue weighted by Gasteiger charge is -2.18.